The van der Waals surface area contributed by atoms with Gasteiger partial charge in [-0.1, -0.05) is 32.9 Å². The second kappa shape index (κ2) is 7.37. The molecule has 0 aromatic heterocycles. The molecule has 1 aliphatic heterocycles. The van der Waals surface area contributed by atoms with Crippen molar-refractivity contribution < 1.29 is 0 Å². The first-order valence-corrected chi connectivity index (χ1v) is 8.93. The van der Waals surface area contributed by atoms with Crippen LogP contribution in [0.25, 0.3) is 0 Å². The molecule has 0 spiro atoms. The van der Waals surface area contributed by atoms with Gasteiger partial charge in [-0.15, -0.1) is 0 Å². The minimum atomic E-state index is 0.488. The van der Waals surface area contributed by atoms with E-state index in [1.165, 1.54) is 23.5 Å². The maximum absolute atomic E-state index is 3.55. The zero-order valence-electron chi connectivity index (χ0n) is 13.2. The molecule has 1 saturated heterocycles. The van der Waals surface area contributed by atoms with Gasteiger partial charge in [-0.2, -0.15) is 11.8 Å². The lowest BCUT2D eigenvalue weighted by Crippen LogP contribution is -2.44. The second-order valence-electron chi connectivity index (χ2n) is 5.62. The Morgan fingerprint density at radius 3 is 2.55 bits per heavy atom. The van der Waals surface area contributed by atoms with Crippen LogP contribution in [0.5, 0.6) is 0 Å². The molecule has 0 saturated carbocycles. The van der Waals surface area contributed by atoms with E-state index in [1.807, 2.05) is 0 Å². The molecule has 1 N–H and O–H groups in total. The predicted molar refractivity (Wildman–Crippen MR) is 91.9 cm³/mol. The Bertz CT molecular complexity index is 404. The summed E-state index contributed by atoms with van der Waals surface area (Å²) in [5.41, 5.74) is 2.78. The summed E-state index contributed by atoms with van der Waals surface area (Å²) in [6, 6.07) is 10.3. The topological polar surface area (TPSA) is 15.3 Å². The van der Waals surface area contributed by atoms with E-state index in [1.54, 1.807) is 0 Å². The quantitative estimate of drug-likeness (QED) is 0.880. The standard InChI is InChI=1S/C17H28N2S/c1-5-17(18-6-2)15-7-9-16(10-8-15)19-11-12-20-14(4)13(19)3/h7-10,13-14,17-18H,5-6,11-12H2,1-4H3. The molecular formula is C17H28N2S. The van der Waals surface area contributed by atoms with E-state index in [0.29, 0.717) is 17.3 Å². The molecule has 112 valence electrons. The lowest BCUT2D eigenvalue weighted by molar-refractivity contribution is 0.537. The molecule has 3 heteroatoms. The Hall–Kier alpha value is -0.670. The number of hydrogen-bond donors (Lipinski definition) is 1. The van der Waals surface area contributed by atoms with Crippen molar-refractivity contribution in [2.75, 3.05) is 23.7 Å². The molecule has 1 aliphatic rings. The molecule has 3 unspecified atom stereocenters. The molecule has 20 heavy (non-hydrogen) atoms. The van der Waals surface area contributed by atoms with Crippen molar-refractivity contribution in [3.63, 3.8) is 0 Å². The van der Waals surface area contributed by atoms with Crippen LogP contribution in [-0.2, 0) is 0 Å². The van der Waals surface area contributed by atoms with E-state index < -0.39 is 0 Å². The summed E-state index contributed by atoms with van der Waals surface area (Å²) in [5, 5.41) is 4.26. The lowest BCUT2D eigenvalue weighted by atomic mass is 10.0. The van der Waals surface area contributed by atoms with Crippen LogP contribution in [0, 0.1) is 0 Å². The molecule has 2 nitrogen and oxygen atoms in total. The molecule has 1 aromatic carbocycles. The van der Waals surface area contributed by atoms with Gasteiger partial charge in [0.2, 0.25) is 0 Å². The first-order chi connectivity index (χ1) is 9.67. The molecule has 0 aliphatic carbocycles. The SMILES string of the molecule is CCNC(CC)c1ccc(N2CCSC(C)C2C)cc1. The third-order valence-electron chi connectivity index (χ3n) is 4.37. The lowest BCUT2D eigenvalue weighted by Gasteiger charge is -2.39. The van der Waals surface area contributed by atoms with E-state index in [-0.39, 0.29) is 0 Å². The number of anilines is 1. The summed E-state index contributed by atoms with van der Waals surface area (Å²) in [6.45, 7) is 11.3. The highest BCUT2D eigenvalue weighted by atomic mass is 32.2. The van der Waals surface area contributed by atoms with E-state index in [4.69, 9.17) is 0 Å². The van der Waals surface area contributed by atoms with Crippen molar-refractivity contribution in [1.29, 1.82) is 0 Å². The Balaban J connectivity index is 2.11. The summed E-state index contributed by atoms with van der Waals surface area (Å²) in [4.78, 5) is 2.55. The smallest absolute Gasteiger partial charge is 0.0378 e. The van der Waals surface area contributed by atoms with Gasteiger partial charge in [0, 0.05) is 35.3 Å². The van der Waals surface area contributed by atoms with Gasteiger partial charge in [0.15, 0.2) is 0 Å². The number of nitrogens with zero attached hydrogens (tertiary/aromatic N) is 1. The van der Waals surface area contributed by atoms with Crippen LogP contribution in [0.15, 0.2) is 24.3 Å². The normalized spacial score (nSPS) is 24.7. The van der Waals surface area contributed by atoms with Gasteiger partial charge in [0.05, 0.1) is 0 Å². The van der Waals surface area contributed by atoms with Crippen molar-refractivity contribution in [2.24, 2.45) is 0 Å². The number of hydrogen-bond acceptors (Lipinski definition) is 3. The van der Waals surface area contributed by atoms with Gasteiger partial charge < -0.3 is 10.2 Å². The maximum Gasteiger partial charge on any atom is 0.0378 e. The number of benzene rings is 1. The first kappa shape index (κ1) is 15.7. The highest BCUT2D eigenvalue weighted by Crippen LogP contribution is 2.30. The summed E-state index contributed by atoms with van der Waals surface area (Å²) in [5.74, 6) is 1.24. The van der Waals surface area contributed by atoms with Crippen LogP contribution >= 0.6 is 11.8 Å². The minimum Gasteiger partial charge on any atom is -0.367 e. The fraction of sp³-hybridized carbons (Fsp3) is 0.647. The van der Waals surface area contributed by atoms with Gasteiger partial charge >= 0.3 is 0 Å². The highest BCUT2D eigenvalue weighted by Gasteiger charge is 2.25. The van der Waals surface area contributed by atoms with Gasteiger partial charge in [0.25, 0.3) is 0 Å². The third kappa shape index (κ3) is 3.50. The van der Waals surface area contributed by atoms with E-state index >= 15 is 0 Å². The van der Waals surface area contributed by atoms with Crippen LogP contribution in [0.1, 0.15) is 45.7 Å². The summed E-state index contributed by atoms with van der Waals surface area (Å²) in [6.07, 6.45) is 1.14. The molecule has 1 fully saturated rings. The molecule has 3 atom stereocenters. The van der Waals surface area contributed by atoms with Crippen molar-refractivity contribution in [1.82, 2.24) is 5.32 Å². The van der Waals surface area contributed by atoms with Crippen LogP contribution in [0.3, 0.4) is 0 Å². The van der Waals surface area contributed by atoms with Crippen molar-refractivity contribution >= 4 is 17.4 Å². The first-order valence-electron chi connectivity index (χ1n) is 7.89. The van der Waals surface area contributed by atoms with Crippen LogP contribution in [0.2, 0.25) is 0 Å². The summed E-state index contributed by atoms with van der Waals surface area (Å²) in [7, 11) is 0. The zero-order chi connectivity index (χ0) is 14.5. The number of rotatable bonds is 5. The van der Waals surface area contributed by atoms with Gasteiger partial charge in [0.1, 0.15) is 0 Å². The maximum atomic E-state index is 3.55. The van der Waals surface area contributed by atoms with Gasteiger partial charge in [-0.25, -0.2) is 0 Å². The molecule has 2 rings (SSSR count). The van der Waals surface area contributed by atoms with Gasteiger partial charge in [-0.05, 0) is 37.6 Å². The zero-order valence-corrected chi connectivity index (χ0v) is 14.0. The Labute approximate surface area is 128 Å². The molecule has 0 amide bonds. The summed E-state index contributed by atoms with van der Waals surface area (Å²) >= 11 is 2.09. The van der Waals surface area contributed by atoms with Crippen molar-refractivity contribution in [2.45, 2.75) is 51.4 Å². The monoisotopic (exact) mass is 292 g/mol. The molecule has 1 heterocycles. The van der Waals surface area contributed by atoms with Crippen LogP contribution < -0.4 is 10.2 Å². The molecular weight excluding hydrogens is 264 g/mol. The highest BCUT2D eigenvalue weighted by molar-refractivity contribution is 8.00. The molecule has 0 radical (unpaired) electrons. The third-order valence-corrected chi connectivity index (χ3v) is 5.71. The Kier molecular flexibility index (Phi) is 5.79. The van der Waals surface area contributed by atoms with E-state index in [2.05, 4.69) is 73.9 Å². The Morgan fingerprint density at radius 1 is 1.25 bits per heavy atom. The average Bonchev–Trinajstić information content (AvgIpc) is 2.48. The summed E-state index contributed by atoms with van der Waals surface area (Å²) < 4.78 is 0. The number of nitrogens with one attached hydrogen (secondary N) is 1. The van der Waals surface area contributed by atoms with Crippen LogP contribution in [0.4, 0.5) is 5.69 Å². The largest absolute Gasteiger partial charge is 0.367 e. The van der Waals surface area contributed by atoms with Crippen molar-refractivity contribution in [3.8, 4) is 0 Å². The van der Waals surface area contributed by atoms with Crippen LogP contribution in [-0.4, -0.2) is 30.1 Å². The van der Waals surface area contributed by atoms with Crippen molar-refractivity contribution in [3.05, 3.63) is 29.8 Å². The molecule has 1 aromatic rings. The predicted octanol–water partition coefficient (Wildman–Crippen LogP) is 4.08. The fourth-order valence-electron chi connectivity index (χ4n) is 2.94. The average molecular weight is 292 g/mol. The second-order valence-corrected chi connectivity index (χ2v) is 7.11. The fourth-order valence-corrected chi connectivity index (χ4v) is 4.04. The van der Waals surface area contributed by atoms with Gasteiger partial charge in [-0.3, -0.25) is 0 Å². The van der Waals surface area contributed by atoms with E-state index in [0.717, 1.165) is 13.0 Å². The molecule has 0 bridgehead atoms. The number of thioether (sulfide) groups is 1. The van der Waals surface area contributed by atoms with E-state index in [9.17, 15) is 0 Å². The Morgan fingerprint density at radius 2 is 1.95 bits per heavy atom. The minimum absolute atomic E-state index is 0.488.